The first-order chi connectivity index (χ1) is 10.5. The maximum Gasteiger partial charge on any atom is 0.469 e. The molecule has 0 spiro atoms. The van der Waals surface area contributed by atoms with Gasteiger partial charge in [0.2, 0.25) is 0 Å². The summed E-state index contributed by atoms with van der Waals surface area (Å²) in [5, 5.41) is 2.01. The van der Waals surface area contributed by atoms with Gasteiger partial charge in [-0.3, -0.25) is 14.3 Å². The average Bonchev–Trinajstić information content (AvgIpc) is 3.12. The Labute approximate surface area is 131 Å². The van der Waals surface area contributed by atoms with E-state index >= 15 is 0 Å². The first-order valence-corrected chi connectivity index (χ1v) is 9.47. The number of phosphoric ester groups is 1. The smallest absolute Gasteiger partial charge is 0.380 e. The highest BCUT2D eigenvalue weighted by atomic mass is 31.2. The van der Waals surface area contributed by atoms with E-state index in [-0.39, 0.29) is 6.61 Å². The van der Waals surface area contributed by atoms with Gasteiger partial charge >= 0.3 is 7.82 Å². The van der Waals surface area contributed by atoms with Gasteiger partial charge in [0.05, 0.1) is 19.8 Å². The molecule has 1 unspecified atom stereocenters. The monoisotopic (exact) mass is 338 g/mol. The minimum absolute atomic E-state index is 0.0216. The average molecular weight is 338 g/mol. The molecule has 0 bridgehead atoms. The quantitative estimate of drug-likeness (QED) is 0.442. The molecule has 8 nitrogen and oxygen atoms in total. The fourth-order valence-electron chi connectivity index (χ4n) is 2.84. The van der Waals surface area contributed by atoms with Crippen LogP contribution in [0.5, 0.6) is 0 Å². The van der Waals surface area contributed by atoms with E-state index in [1.807, 2.05) is 5.06 Å². The minimum Gasteiger partial charge on any atom is -0.380 e. The van der Waals surface area contributed by atoms with Crippen molar-refractivity contribution in [3.63, 3.8) is 0 Å². The van der Waals surface area contributed by atoms with Crippen molar-refractivity contribution in [2.75, 3.05) is 52.6 Å². The van der Waals surface area contributed by atoms with Crippen LogP contribution in [-0.4, -0.2) is 78.4 Å². The van der Waals surface area contributed by atoms with Crippen molar-refractivity contribution in [2.24, 2.45) is 0 Å². The molecule has 2 N–H and O–H groups in total. The van der Waals surface area contributed by atoms with Crippen LogP contribution in [0.25, 0.3) is 0 Å². The van der Waals surface area contributed by atoms with Crippen molar-refractivity contribution in [2.45, 2.75) is 31.7 Å². The standard InChI is InChI=1S/C13H27N2O6P/c16-22(17,18)21-11-8-14(13-4-10-19-12-13)5-3-9-20-15-6-1-2-7-15/h13H,1-12H2,(H2,16,17,18). The number of phosphoric acid groups is 1. The molecular formula is C13H27N2O6P. The highest BCUT2D eigenvalue weighted by Crippen LogP contribution is 2.35. The summed E-state index contributed by atoms with van der Waals surface area (Å²) in [7, 11) is -4.39. The molecule has 130 valence electrons. The third kappa shape index (κ3) is 7.02. The molecule has 0 radical (unpaired) electrons. The van der Waals surface area contributed by atoms with E-state index < -0.39 is 7.82 Å². The zero-order valence-corrected chi connectivity index (χ0v) is 13.8. The molecule has 1 atom stereocenters. The van der Waals surface area contributed by atoms with Gasteiger partial charge in [-0.25, -0.2) is 4.57 Å². The second kappa shape index (κ2) is 9.30. The van der Waals surface area contributed by atoms with Crippen LogP contribution in [0, 0.1) is 0 Å². The fourth-order valence-corrected chi connectivity index (χ4v) is 3.16. The molecule has 9 heteroatoms. The highest BCUT2D eigenvalue weighted by molar-refractivity contribution is 7.46. The van der Waals surface area contributed by atoms with Crippen LogP contribution in [0.2, 0.25) is 0 Å². The summed E-state index contributed by atoms with van der Waals surface area (Å²) >= 11 is 0. The molecule has 0 aromatic carbocycles. The van der Waals surface area contributed by atoms with Crippen molar-refractivity contribution in [3.8, 4) is 0 Å². The van der Waals surface area contributed by atoms with Crippen LogP contribution >= 0.6 is 7.82 Å². The second-order valence-corrected chi connectivity index (χ2v) is 6.94. The number of ether oxygens (including phenoxy) is 1. The zero-order chi connectivity index (χ0) is 15.8. The van der Waals surface area contributed by atoms with E-state index in [2.05, 4.69) is 9.42 Å². The van der Waals surface area contributed by atoms with Gasteiger partial charge in [0.1, 0.15) is 0 Å². The molecule has 0 amide bonds. The van der Waals surface area contributed by atoms with Gasteiger partial charge in [-0.1, -0.05) is 0 Å². The van der Waals surface area contributed by atoms with Gasteiger partial charge in [0.25, 0.3) is 0 Å². The Kier molecular flexibility index (Phi) is 7.73. The minimum atomic E-state index is -4.39. The predicted octanol–water partition coefficient (Wildman–Crippen LogP) is 0.604. The summed E-state index contributed by atoms with van der Waals surface area (Å²) in [5.74, 6) is 0. The van der Waals surface area contributed by atoms with Gasteiger partial charge in [0, 0.05) is 38.8 Å². The van der Waals surface area contributed by atoms with Crippen molar-refractivity contribution < 1.29 is 28.5 Å². The SMILES string of the molecule is O=P(O)(O)OCCN(CCCON1CCCC1)C1CCOC1. The Hall–Kier alpha value is -0.0500. The zero-order valence-electron chi connectivity index (χ0n) is 12.9. The molecule has 2 fully saturated rings. The number of hydrogen-bond donors (Lipinski definition) is 2. The van der Waals surface area contributed by atoms with Crippen molar-refractivity contribution in [3.05, 3.63) is 0 Å². The topological polar surface area (TPSA) is 91.7 Å². The molecule has 22 heavy (non-hydrogen) atoms. The van der Waals surface area contributed by atoms with E-state index in [0.717, 1.165) is 39.1 Å². The molecule has 0 aromatic heterocycles. The normalized spacial score (nSPS) is 23.7. The van der Waals surface area contributed by atoms with Gasteiger partial charge < -0.3 is 14.5 Å². The van der Waals surface area contributed by atoms with E-state index in [1.165, 1.54) is 12.8 Å². The number of hydroxylamine groups is 2. The summed E-state index contributed by atoms with van der Waals surface area (Å²) in [6, 6.07) is 0.298. The van der Waals surface area contributed by atoms with E-state index in [4.69, 9.17) is 19.4 Å². The second-order valence-electron chi connectivity index (χ2n) is 5.70. The molecule has 2 saturated heterocycles. The molecule has 0 aromatic rings. The lowest BCUT2D eigenvalue weighted by atomic mass is 10.2. The molecule has 0 saturated carbocycles. The Balaban J connectivity index is 1.66. The van der Waals surface area contributed by atoms with Crippen LogP contribution in [0.15, 0.2) is 0 Å². The Morgan fingerprint density at radius 2 is 2.00 bits per heavy atom. The Morgan fingerprint density at radius 3 is 2.64 bits per heavy atom. The lowest BCUT2D eigenvalue weighted by Gasteiger charge is -2.28. The van der Waals surface area contributed by atoms with Gasteiger partial charge in [-0.15, -0.1) is 0 Å². The number of nitrogens with zero attached hydrogens (tertiary/aromatic N) is 2. The fraction of sp³-hybridized carbons (Fsp3) is 1.00. The summed E-state index contributed by atoms with van der Waals surface area (Å²) < 4.78 is 20.7. The van der Waals surface area contributed by atoms with E-state index in [9.17, 15) is 4.57 Å². The first-order valence-electron chi connectivity index (χ1n) is 7.94. The molecular weight excluding hydrogens is 311 g/mol. The Bertz CT molecular complexity index is 354. The van der Waals surface area contributed by atoms with Crippen molar-refractivity contribution in [1.29, 1.82) is 0 Å². The molecule has 0 aliphatic carbocycles. The first kappa shape index (κ1) is 18.3. The van der Waals surface area contributed by atoms with Crippen LogP contribution in [-0.2, 0) is 18.7 Å². The predicted molar refractivity (Wildman–Crippen MR) is 80.2 cm³/mol. The summed E-state index contributed by atoms with van der Waals surface area (Å²) in [6.45, 7) is 5.42. The molecule has 2 aliphatic rings. The maximum atomic E-state index is 10.7. The highest BCUT2D eigenvalue weighted by Gasteiger charge is 2.24. The molecule has 2 heterocycles. The maximum absolute atomic E-state index is 10.7. The lowest BCUT2D eigenvalue weighted by molar-refractivity contribution is -0.144. The van der Waals surface area contributed by atoms with Crippen LogP contribution < -0.4 is 0 Å². The molecule has 2 rings (SSSR count). The number of hydrogen-bond acceptors (Lipinski definition) is 6. The van der Waals surface area contributed by atoms with Crippen LogP contribution in [0.3, 0.4) is 0 Å². The van der Waals surface area contributed by atoms with E-state index in [0.29, 0.717) is 25.8 Å². The number of rotatable bonds is 10. The van der Waals surface area contributed by atoms with Gasteiger partial charge in [-0.2, -0.15) is 5.06 Å². The van der Waals surface area contributed by atoms with Gasteiger partial charge in [-0.05, 0) is 25.7 Å². The van der Waals surface area contributed by atoms with Crippen molar-refractivity contribution in [1.82, 2.24) is 9.96 Å². The van der Waals surface area contributed by atoms with Crippen LogP contribution in [0.1, 0.15) is 25.7 Å². The third-order valence-corrected chi connectivity index (χ3v) is 4.51. The van der Waals surface area contributed by atoms with Crippen LogP contribution in [0.4, 0.5) is 0 Å². The summed E-state index contributed by atoms with van der Waals surface area (Å²) in [6.07, 6.45) is 4.22. The summed E-state index contributed by atoms with van der Waals surface area (Å²) in [4.78, 5) is 25.4. The Morgan fingerprint density at radius 1 is 1.23 bits per heavy atom. The summed E-state index contributed by atoms with van der Waals surface area (Å²) in [5.41, 5.74) is 0. The largest absolute Gasteiger partial charge is 0.469 e. The van der Waals surface area contributed by atoms with E-state index in [1.54, 1.807) is 0 Å². The lowest BCUT2D eigenvalue weighted by Crippen LogP contribution is -2.39. The molecule has 2 aliphatic heterocycles. The van der Waals surface area contributed by atoms with Gasteiger partial charge in [0.15, 0.2) is 0 Å². The third-order valence-electron chi connectivity index (χ3n) is 3.99. The van der Waals surface area contributed by atoms with Crippen molar-refractivity contribution >= 4 is 7.82 Å².